The van der Waals surface area contributed by atoms with E-state index in [4.69, 9.17) is 0 Å². The molecule has 0 aliphatic heterocycles. The first kappa shape index (κ1) is 10.1. The Kier molecular flexibility index (Phi) is 2.93. The number of methoxy groups -OCH3 is 1. The van der Waals surface area contributed by atoms with Crippen LogP contribution in [0.5, 0.6) is 0 Å². The minimum atomic E-state index is -3.78. The lowest BCUT2D eigenvalue weighted by Gasteiger charge is -2.18. The number of halogens is 3. The van der Waals surface area contributed by atoms with Crippen molar-refractivity contribution >= 4 is 0 Å². The molecule has 1 aromatic carbocycles. The van der Waals surface area contributed by atoms with Gasteiger partial charge in [-0.2, -0.15) is 8.78 Å². The standard InChI is InChI=1S/C9H8F3O/c1-13-9(11,12)8(10)7-5-3-2-4-6-7/h3-6,8H,1H3. The number of hydrogen-bond acceptors (Lipinski definition) is 1. The summed E-state index contributed by atoms with van der Waals surface area (Å²) in [6.07, 6.45) is -6.21. The van der Waals surface area contributed by atoms with E-state index in [0.717, 1.165) is 7.11 Å². The van der Waals surface area contributed by atoms with Gasteiger partial charge in [-0.25, -0.2) is 4.39 Å². The molecule has 0 N–H and O–H groups in total. The highest BCUT2D eigenvalue weighted by Gasteiger charge is 2.41. The molecule has 0 spiro atoms. The molecule has 0 aliphatic rings. The first-order valence-electron chi connectivity index (χ1n) is 3.61. The highest BCUT2D eigenvalue weighted by molar-refractivity contribution is 5.17. The van der Waals surface area contributed by atoms with E-state index in [9.17, 15) is 13.2 Å². The fraction of sp³-hybridized carbons (Fsp3) is 0.333. The van der Waals surface area contributed by atoms with Crippen molar-refractivity contribution in [2.45, 2.75) is 12.3 Å². The molecular weight excluding hydrogens is 181 g/mol. The van der Waals surface area contributed by atoms with Crippen LogP contribution in [0.4, 0.5) is 13.2 Å². The smallest absolute Gasteiger partial charge is 0.321 e. The summed E-state index contributed by atoms with van der Waals surface area (Å²) in [5.74, 6) is 0. The lowest BCUT2D eigenvalue weighted by molar-refractivity contribution is -0.261. The zero-order valence-electron chi connectivity index (χ0n) is 6.93. The average molecular weight is 189 g/mol. The second-order valence-electron chi connectivity index (χ2n) is 2.46. The van der Waals surface area contributed by atoms with Crippen molar-refractivity contribution < 1.29 is 17.9 Å². The molecule has 0 saturated heterocycles. The number of benzene rings is 1. The van der Waals surface area contributed by atoms with E-state index in [-0.39, 0.29) is 5.56 Å². The van der Waals surface area contributed by atoms with Crippen LogP contribution < -0.4 is 0 Å². The zero-order chi connectivity index (χ0) is 9.90. The summed E-state index contributed by atoms with van der Waals surface area (Å²) in [5, 5.41) is 0. The molecule has 4 heteroatoms. The molecule has 1 nitrogen and oxygen atoms in total. The maximum Gasteiger partial charge on any atom is 0.390 e. The summed E-state index contributed by atoms with van der Waals surface area (Å²) in [7, 11) is 0.766. The van der Waals surface area contributed by atoms with Crippen molar-refractivity contribution in [3.05, 3.63) is 35.9 Å². The van der Waals surface area contributed by atoms with Crippen LogP contribution in [0.2, 0.25) is 0 Å². The molecule has 0 bridgehead atoms. The molecule has 1 radical (unpaired) electrons. The molecule has 13 heavy (non-hydrogen) atoms. The third-order valence-corrected chi connectivity index (χ3v) is 1.60. The minimum absolute atomic E-state index is 0.120. The van der Waals surface area contributed by atoms with E-state index in [0.29, 0.717) is 0 Å². The maximum absolute atomic E-state index is 13.0. The zero-order valence-corrected chi connectivity index (χ0v) is 6.93. The van der Waals surface area contributed by atoms with E-state index in [2.05, 4.69) is 10.8 Å². The van der Waals surface area contributed by atoms with Crippen molar-refractivity contribution in [2.75, 3.05) is 7.11 Å². The van der Waals surface area contributed by atoms with Crippen LogP contribution in [-0.4, -0.2) is 13.2 Å². The van der Waals surface area contributed by atoms with Crippen molar-refractivity contribution in [2.24, 2.45) is 0 Å². The Bertz CT molecular complexity index is 261. The Labute approximate surface area is 74.1 Å². The largest absolute Gasteiger partial charge is 0.390 e. The van der Waals surface area contributed by atoms with Gasteiger partial charge in [0.05, 0.1) is 0 Å². The van der Waals surface area contributed by atoms with Crippen LogP contribution in [0.15, 0.2) is 24.3 Å². The van der Waals surface area contributed by atoms with Gasteiger partial charge in [0.15, 0.2) is 0 Å². The predicted molar refractivity (Wildman–Crippen MR) is 41.1 cm³/mol. The Hall–Kier alpha value is -1.03. The highest BCUT2D eigenvalue weighted by Crippen LogP contribution is 2.34. The Morgan fingerprint density at radius 3 is 2.38 bits per heavy atom. The maximum atomic E-state index is 13.0. The van der Waals surface area contributed by atoms with E-state index in [1.54, 1.807) is 0 Å². The van der Waals surface area contributed by atoms with Gasteiger partial charge in [-0.3, -0.25) is 0 Å². The molecule has 0 fully saturated rings. The summed E-state index contributed by atoms with van der Waals surface area (Å²) in [5.41, 5.74) is -0.120. The topological polar surface area (TPSA) is 9.23 Å². The van der Waals surface area contributed by atoms with Crippen molar-refractivity contribution in [3.63, 3.8) is 0 Å². The molecule has 1 aromatic rings. The van der Waals surface area contributed by atoms with E-state index in [1.165, 1.54) is 24.3 Å². The number of hydrogen-bond donors (Lipinski definition) is 0. The molecule has 0 saturated carbocycles. The summed E-state index contributed by atoms with van der Waals surface area (Å²) in [4.78, 5) is 0. The fourth-order valence-electron chi connectivity index (χ4n) is 0.866. The quantitative estimate of drug-likeness (QED) is 0.710. The van der Waals surface area contributed by atoms with Crippen LogP contribution in [0.1, 0.15) is 11.7 Å². The van der Waals surface area contributed by atoms with Crippen molar-refractivity contribution in [3.8, 4) is 0 Å². The Morgan fingerprint density at radius 2 is 1.92 bits per heavy atom. The van der Waals surface area contributed by atoms with Gasteiger partial charge in [-0.05, 0) is 11.6 Å². The van der Waals surface area contributed by atoms with E-state index < -0.39 is 12.3 Å². The van der Waals surface area contributed by atoms with E-state index in [1.807, 2.05) is 0 Å². The minimum Gasteiger partial charge on any atom is -0.321 e. The van der Waals surface area contributed by atoms with Gasteiger partial charge in [0.2, 0.25) is 6.17 Å². The summed E-state index contributed by atoms with van der Waals surface area (Å²) in [6, 6.07) is 7.81. The van der Waals surface area contributed by atoms with Crippen LogP contribution in [-0.2, 0) is 4.74 Å². The second-order valence-corrected chi connectivity index (χ2v) is 2.46. The molecule has 71 valence electrons. The van der Waals surface area contributed by atoms with Crippen molar-refractivity contribution in [1.29, 1.82) is 0 Å². The van der Waals surface area contributed by atoms with Gasteiger partial charge in [-0.1, -0.05) is 24.3 Å². The van der Waals surface area contributed by atoms with Crippen LogP contribution in [0, 0.1) is 6.07 Å². The number of ether oxygens (including phenoxy) is 1. The first-order chi connectivity index (χ1) is 6.08. The van der Waals surface area contributed by atoms with Crippen molar-refractivity contribution in [1.82, 2.24) is 0 Å². The molecule has 0 aliphatic carbocycles. The SMILES string of the molecule is COC(F)(F)C(F)c1cc[c]cc1. The fourth-order valence-corrected chi connectivity index (χ4v) is 0.866. The van der Waals surface area contributed by atoms with Crippen LogP contribution in [0.3, 0.4) is 0 Å². The molecular formula is C9H8F3O. The number of rotatable bonds is 3. The lowest BCUT2D eigenvalue weighted by Crippen LogP contribution is -2.25. The number of alkyl halides is 3. The molecule has 1 unspecified atom stereocenters. The molecule has 0 aromatic heterocycles. The molecule has 0 amide bonds. The van der Waals surface area contributed by atoms with Gasteiger partial charge in [0.25, 0.3) is 0 Å². The normalized spacial score (nSPS) is 14.2. The molecule has 1 rings (SSSR count). The third kappa shape index (κ3) is 2.21. The van der Waals surface area contributed by atoms with Gasteiger partial charge in [0, 0.05) is 7.11 Å². The molecule has 1 atom stereocenters. The predicted octanol–water partition coefficient (Wildman–Crippen LogP) is 2.74. The third-order valence-electron chi connectivity index (χ3n) is 1.60. The lowest BCUT2D eigenvalue weighted by atomic mass is 10.1. The highest BCUT2D eigenvalue weighted by atomic mass is 19.3. The van der Waals surface area contributed by atoms with Gasteiger partial charge in [-0.15, -0.1) is 0 Å². The van der Waals surface area contributed by atoms with Crippen LogP contribution >= 0.6 is 0 Å². The van der Waals surface area contributed by atoms with Gasteiger partial charge in [0.1, 0.15) is 0 Å². The molecule has 0 heterocycles. The van der Waals surface area contributed by atoms with Gasteiger partial charge >= 0.3 is 6.11 Å². The Morgan fingerprint density at radius 1 is 1.38 bits per heavy atom. The summed E-state index contributed by atoms with van der Waals surface area (Å²) >= 11 is 0. The van der Waals surface area contributed by atoms with Gasteiger partial charge < -0.3 is 4.74 Å². The summed E-state index contributed by atoms with van der Waals surface area (Å²) in [6.45, 7) is 0. The monoisotopic (exact) mass is 189 g/mol. The summed E-state index contributed by atoms with van der Waals surface area (Å²) < 4.78 is 42.0. The average Bonchev–Trinajstić information content (AvgIpc) is 2.18. The van der Waals surface area contributed by atoms with Crippen LogP contribution in [0.25, 0.3) is 0 Å². The Balaban J connectivity index is 2.85. The first-order valence-corrected chi connectivity index (χ1v) is 3.61. The van der Waals surface area contributed by atoms with E-state index >= 15 is 0 Å². The second kappa shape index (κ2) is 3.79.